The van der Waals surface area contributed by atoms with Crippen molar-refractivity contribution in [2.45, 2.75) is 19.8 Å². The normalized spacial score (nSPS) is 10.7. The molecule has 8 heteroatoms. The molecule has 0 aliphatic heterocycles. The fourth-order valence-corrected chi connectivity index (χ4v) is 1.90. The number of benzene rings is 1. The first kappa shape index (κ1) is 15.5. The summed E-state index contributed by atoms with van der Waals surface area (Å²) in [5, 5.41) is 11.5. The zero-order valence-electron chi connectivity index (χ0n) is 11.2. The van der Waals surface area contributed by atoms with Crippen LogP contribution in [0, 0.1) is 10.1 Å². The van der Waals surface area contributed by atoms with Crippen molar-refractivity contribution in [3.8, 4) is 11.6 Å². The monoisotopic (exact) mass is 327 g/mol. The van der Waals surface area contributed by atoms with Gasteiger partial charge in [0.1, 0.15) is 11.0 Å². The van der Waals surface area contributed by atoms with Crippen LogP contribution in [0.3, 0.4) is 0 Å². The van der Waals surface area contributed by atoms with Crippen LogP contribution in [0.15, 0.2) is 24.3 Å². The number of ether oxygens (including phenoxy) is 1. The molecule has 6 nitrogen and oxygen atoms in total. The van der Waals surface area contributed by atoms with E-state index in [0.717, 1.165) is 0 Å². The molecule has 0 spiro atoms. The molecule has 21 heavy (non-hydrogen) atoms. The van der Waals surface area contributed by atoms with Gasteiger partial charge in [-0.05, 0) is 12.1 Å². The zero-order chi connectivity index (χ0) is 15.6. The van der Waals surface area contributed by atoms with Crippen molar-refractivity contribution in [1.29, 1.82) is 0 Å². The molecule has 0 unspecified atom stereocenters. The Bertz CT molecular complexity index is 692. The molecule has 0 N–H and O–H groups in total. The molecule has 2 aromatic rings. The summed E-state index contributed by atoms with van der Waals surface area (Å²) in [4.78, 5) is 18.7. The third-order valence-corrected chi connectivity index (χ3v) is 2.97. The highest BCUT2D eigenvalue weighted by atomic mass is 35.5. The summed E-state index contributed by atoms with van der Waals surface area (Å²) in [6.07, 6.45) is 0. The van der Waals surface area contributed by atoms with Gasteiger partial charge in [-0.1, -0.05) is 37.0 Å². The Kier molecular flexibility index (Phi) is 4.59. The number of aromatic nitrogens is 2. The van der Waals surface area contributed by atoms with Crippen LogP contribution >= 0.6 is 23.2 Å². The van der Waals surface area contributed by atoms with Crippen LogP contribution in [-0.2, 0) is 0 Å². The van der Waals surface area contributed by atoms with E-state index in [2.05, 4.69) is 9.97 Å². The van der Waals surface area contributed by atoms with E-state index in [4.69, 9.17) is 27.9 Å². The number of halogens is 2. The third-order valence-electron chi connectivity index (χ3n) is 2.54. The van der Waals surface area contributed by atoms with Crippen molar-refractivity contribution < 1.29 is 9.66 Å². The minimum absolute atomic E-state index is 0.0360. The zero-order valence-corrected chi connectivity index (χ0v) is 12.7. The number of rotatable bonds is 4. The number of nitro benzene ring substituents is 1. The molecular weight excluding hydrogens is 317 g/mol. The second-order valence-corrected chi connectivity index (χ2v) is 5.34. The summed E-state index contributed by atoms with van der Waals surface area (Å²) in [6.45, 7) is 3.81. The lowest BCUT2D eigenvalue weighted by Crippen LogP contribution is -2.01. The molecule has 0 atom stereocenters. The van der Waals surface area contributed by atoms with E-state index in [1.807, 2.05) is 13.8 Å². The van der Waals surface area contributed by atoms with Gasteiger partial charge in [-0.15, -0.1) is 0 Å². The Balaban J connectivity index is 2.41. The molecule has 0 radical (unpaired) electrons. The van der Waals surface area contributed by atoms with Gasteiger partial charge in [0.15, 0.2) is 0 Å². The lowest BCUT2D eigenvalue weighted by molar-refractivity contribution is -0.385. The molecule has 1 heterocycles. The van der Waals surface area contributed by atoms with Gasteiger partial charge >= 0.3 is 5.69 Å². The molecule has 0 saturated carbocycles. The van der Waals surface area contributed by atoms with Crippen molar-refractivity contribution in [1.82, 2.24) is 9.97 Å². The average Bonchev–Trinajstić information content (AvgIpc) is 2.40. The van der Waals surface area contributed by atoms with Crippen molar-refractivity contribution >= 4 is 28.9 Å². The fourth-order valence-electron chi connectivity index (χ4n) is 1.56. The number of nitro groups is 1. The molecule has 0 aliphatic carbocycles. The van der Waals surface area contributed by atoms with E-state index in [-0.39, 0.29) is 33.4 Å². The van der Waals surface area contributed by atoms with Crippen molar-refractivity contribution in [3.63, 3.8) is 0 Å². The molecule has 1 aromatic heterocycles. The smallest absolute Gasteiger partial charge is 0.313 e. The van der Waals surface area contributed by atoms with Gasteiger partial charge in [-0.2, -0.15) is 4.98 Å². The van der Waals surface area contributed by atoms with E-state index in [1.165, 1.54) is 24.3 Å². The topological polar surface area (TPSA) is 78.2 Å². The number of nitrogens with zero attached hydrogens (tertiary/aromatic N) is 3. The SMILES string of the molecule is CC(C)c1nc(Cl)cc(Oc2ccc(Cl)cc2[N+](=O)[O-])n1. The second-order valence-electron chi connectivity index (χ2n) is 4.51. The lowest BCUT2D eigenvalue weighted by Gasteiger charge is -2.09. The van der Waals surface area contributed by atoms with Crippen LogP contribution in [0.1, 0.15) is 25.6 Å². The highest BCUT2D eigenvalue weighted by Crippen LogP contribution is 2.33. The molecule has 1 aromatic carbocycles. The first-order chi connectivity index (χ1) is 9.86. The van der Waals surface area contributed by atoms with Gasteiger partial charge in [0, 0.05) is 23.1 Å². The fraction of sp³-hybridized carbons (Fsp3) is 0.231. The first-order valence-corrected chi connectivity index (χ1v) is 6.78. The Labute approximate surface area is 130 Å². The van der Waals surface area contributed by atoms with Gasteiger partial charge in [0.25, 0.3) is 0 Å². The van der Waals surface area contributed by atoms with E-state index in [1.54, 1.807) is 0 Å². The van der Waals surface area contributed by atoms with Gasteiger partial charge in [0.05, 0.1) is 4.92 Å². The van der Waals surface area contributed by atoms with Crippen LogP contribution in [0.25, 0.3) is 0 Å². The van der Waals surface area contributed by atoms with Crippen molar-refractivity contribution in [3.05, 3.63) is 50.4 Å². The van der Waals surface area contributed by atoms with Gasteiger partial charge in [-0.3, -0.25) is 10.1 Å². The van der Waals surface area contributed by atoms with Crippen molar-refractivity contribution in [2.24, 2.45) is 0 Å². The van der Waals surface area contributed by atoms with E-state index >= 15 is 0 Å². The van der Waals surface area contributed by atoms with Crippen molar-refractivity contribution in [2.75, 3.05) is 0 Å². The number of hydrogen-bond acceptors (Lipinski definition) is 5. The largest absolute Gasteiger partial charge is 0.432 e. The average molecular weight is 328 g/mol. The molecule has 2 rings (SSSR count). The lowest BCUT2D eigenvalue weighted by atomic mass is 10.2. The molecule has 0 aliphatic rings. The summed E-state index contributed by atoms with van der Waals surface area (Å²) in [7, 11) is 0. The predicted molar refractivity (Wildman–Crippen MR) is 79.3 cm³/mol. The molecule has 110 valence electrons. The minimum Gasteiger partial charge on any atom is -0.432 e. The van der Waals surface area contributed by atoms with Crippen LogP contribution in [0.2, 0.25) is 10.2 Å². The molecule has 0 fully saturated rings. The maximum absolute atomic E-state index is 11.0. The van der Waals surface area contributed by atoms with Crippen LogP contribution in [0.4, 0.5) is 5.69 Å². The molecule has 0 saturated heterocycles. The first-order valence-electron chi connectivity index (χ1n) is 6.03. The van der Waals surface area contributed by atoms with Gasteiger partial charge in [0.2, 0.25) is 11.6 Å². The third kappa shape index (κ3) is 3.80. The van der Waals surface area contributed by atoms with E-state index in [9.17, 15) is 10.1 Å². The summed E-state index contributed by atoms with van der Waals surface area (Å²) in [6, 6.07) is 5.51. The minimum atomic E-state index is -0.576. The highest BCUT2D eigenvalue weighted by Gasteiger charge is 2.18. The Hall–Kier alpha value is -1.92. The Morgan fingerprint density at radius 3 is 2.57 bits per heavy atom. The summed E-state index contributed by atoms with van der Waals surface area (Å²) in [5.74, 6) is 0.721. The predicted octanol–water partition coefficient (Wildman–Crippen LogP) is 4.61. The second kappa shape index (κ2) is 6.24. The summed E-state index contributed by atoms with van der Waals surface area (Å²) in [5.41, 5.74) is -0.247. The molecular formula is C13H11Cl2N3O3. The maximum Gasteiger partial charge on any atom is 0.313 e. The highest BCUT2D eigenvalue weighted by molar-refractivity contribution is 6.30. The Morgan fingerprint density at radius 1 is 1.24 bits per heavy atom. The summed E-state index contributed by atoms with van der Waals surface area (Å²) >= 11 is 11.7. The Morgan fingerprint density at radius 2 is 1.95 bits per heavy atom. The summed E-state index contributed by atoms with van der Waals surface area (Å²) < 4.78 is 5.46. The quantitative estimate of drug-likeness (QED) is 0.465. The van der Waals surface area contributed by atoms with Crippen LogP contribution in [0.5, 0.6) is 11.6 Å². The van der Waals surface area contributed by atoms with E-state index in [0.29, 0.717) is 5.82 Å². The standard InChI is InChI=1S/C13H11Cl2N3O3/c1-7(2)13-16-11(15)6-12(17-13)21-10-4-3-8(14)5-9(10)18(19)20/h3-7H,1-2H3. The maximum atomic E-state index is 11.0. The molecule has 0 amide bonds. The van der Waals surface area contributed by atoms with Gasteiger partial charge in [-0.25, -0.2) is 4.98 Å². The van der Waals surface area contributed by atoms with E-state index < -0.39 is 4.92 Å². The van der Waals surface area contributed by atoms with Crippen LogP contribution in [-0.4, -0.2) is 14.9 Å². The van der Waals surface area contributed by atoms with Gasteiger partial charge < -0.3 is 4.74 Å². The van der Waals surface area contributed by atoms with Crippen LogP contribution < -0.4 is 4.74 Å². The molecule has 0 bridgehead atoms. The number of hydrogen-bond donors (Lipinski definition) is 0.